The second-order valence-electron chi connectivity index (χ2n) is 5.86. The summed E-state index contributed by atoms with van der Waals surface area (Å²) < 4.78 is 4.97. The van der Waals surface area contributed by atoms with Crippen molar-refractivity contribution in [1.29, 1.82) is 0 Å². The van der Waals surface area contributed by atoms with Gasteiger partial charge < -0.3 is 10.5 Å². The Morgan fingerprint density at radius 2 is 2.00 bits per heavy atom. The van der Waals surface area contributed by atoms with Gasteiger partial charge in [-0.3, -0.25) is 4.79 Å². The number of fused-ring (bicyclic) bond motifs is 1. The quantitative estimate of drug-likeness (QED) is 0.849. The highest BCUT2D eigenvalue weighted by molar-refractivity contribution is 5.79. The van der Waals surface area contributed by atoms with Crippen LogP contribution in [0.3, 0.4) is 0 Å². The van der Waals surface area contributed by atoms with Gasteiger partial charge in [-0.2, -0.15) is 0 Å². The predicted molar refractivity (Wildman–Crippen MR) is 73.7 cm³/mol. The van der Waals surface area contributed by atoms with Crippen molar-refractivity contribution in [3.63, 3.8) is 0 Å². The maximum Gasteiger partial charge on any atom is 0.313 e. The maximum absolute atomic E-state index is 12.1. The van der Waals surface area contributed by atoms with Gasteiger partial charge >= 0.3 is 5.97 Å². The number of hydrogen-bond acceptors (Lipinski definition) is 3. The van der Waals surface area contributed by atoms with E-state index in [0.717, 1.165) is 31.2 Å². The molecule has 102 valence electrons. The number of carbonyl (C=O) groups excluding carboxylic acids is 1. The fourth-order valence-corrected chi connectivity index (χ4v) is 3.51. The lowest BCUT2D eigenvalue weighted by Gasteiger charge is -2.43. The lowest BCUT2D eigenvalue weighted by molar-refractivity contribution is -0.160. The van der Waals surface area contributed by atoms with Crippen molar-refractivity contribution in [2.75, 3.05) is 7.11 Å². The first kappa shape index (κ1) is 12.7. The molecule has 19 heavy (non-hydrogen) atoms. The van der Waals surface area contributed by atoms with E-state index in [9.17, 15) is 4.79 Å². The standard InChI is InChI=1S/C16H21NO2/c1-19-15(18)16(8-3-9-16)14(17)13-7-6-11-4-2-5-12(11)10-13/h6-7,10,14H,2-5,8-9,17H2,1H3. The first-order valence-electron chi connectivity index (χ1n) is 7.13. The Morgan fingerprint density at radius 3 is 2.63 bits per heavy atom. The topological polar surface area (TPSA) is 52.3 Å². The van der Waals surface area contributed by atoms with Gasteiger partial charge in [-0.25, -0.2) is 0 Å². The second-order valence-corrected chi connectivity index (χ2v) is 5.86. The Balaban J connectivity index is 1.91. The molecule has 0 saturated heterocycles. The number of nitrogens with two attached hydrogens (primary N) is 1. The van der Waals surface area contributed by atoms with Gasteiger partial charge in [-0.05, 0) is 48.8 Å². The van der Waals surface area contributed by atoms with E-state index in [1.54, 1.807) is 0 Å². The average molecular weight is 259 g/mol. The third kappa shape index (κ3) is 1.88. The highest BCUT2D eigenvalue weighted by Gasteiger charge is 2.50. The molecular formula is C16H21NO2. The third-order valence-corrected chi connectivity index (χ3v) is 4.91. The van der Waals surface area contributed by atoms with E-state index in [1.165, 1.54) is 31.1 Å². The minimum atomic E-state index is -0.485. The number of esters is 1. The molecule has 0 spiro atoms. The van der Waals surface area contributed by atoms with Crippen LogP contribution in [0.2, 0.25) is 0 Å². The molecule has 0 amide bonds. The summed E-state index contributed by atoms with van der Waals surface area (Å²) in [6.07, 6.45) is 6.30. The highest BCUT2D eigenvalue weighted by Crippen LogP contribution is 2.50. The van der Waals surface area contributed by atoms with Crippen molar-refractivity contribution >= 4 is 5.97 Å². The summed E-state index contributed by atoms with van der Waals surface area (Å²) in [7, 11) is 1.46. The van der Waals surface area contributed by atoms with Crippen LogP contribution in [-0.4, -0.2) is 13.1 Å². The summed E-state index contributed by atoms with van der Waals surface area (Å²) in [5.41, 5.74) is 9.86. The summed E-state index contributed by atoms with van der Waals surface area (Å²) in [6, 6.07) is 6.24. The van der Waals surface area contributed by atoms with Crippen LogP contribution in [0, 0.1) is 5.41 Å². The fraction of sp³-hybridized carbons (Fsp3) is 0.562. The molecular weight excluding hydrogens is 238 g/mol. The van der Waals surface area contributed by atoms with Crippen LogP contribution < -0.4 is 5.73 Å². The normalized spacial score (nSPS) is 21.4. The molecule has 2 aliphatic carbocycles. The Hall–Kier alpha value is -1.35. The van der Waals surface area contributed by atoms with Gasteiger partial charge in [0, 0.05) is 6.04 Å². The maximum atomic E-state index is 12.1. The molecule has 2 N–H and O–H groups in total. The Kier molecular flexibility index (Phi) is 3.09. The molecule has 0 heterocycles. The van der Waals surface area contributed by atoms with Crippen molar-refractivity contribution in [2.45, 2.75) is 44.6 Å². The number of ether oxygens (including phenoxy) is 1. The number of aryl methyl sites for hydroxylation is 2. The summed E-state index contributed by atoms with van der Waals surface area (Å²) >= 11 is 0. The van der Waals surface area contributed by atoms with E-state index >= 15 is 0 Å². The minimum absolute atomic E-state index is 0.147. The third-order valence-electron chi connectivity index (χ3n) is 4.91. The lowest BCUT2D eigenvalue weighted by Crippen LogP contribution is -2.47. The van der Waals surface area contributed by atoms with Gasteiger partial charge in [0.1, 0.15) is 0 Å². The zero-order chi connectivity index (χ0) is 13.5. The van der Waals surface area contributed by atoms with Crippen molar-refractivity contribution in [3.05, 3.63) is 34.9 Å². The number of carbonyl (C=O) groups is 1. The molecule has 1 aromatic rings. The van der Waals surface area contributed by atoms with Crippen molar-refractivity contribution in [3.8, 4) is 0 Å². The fourth-order valence-electron chi connectivity index (χ4n) is 3.51. The monoisotopic (exact) mass is 259 g/mol. The predicted octanol–water partition coefficient (Wildman–Crippen LogP) is 2.52. The molecule has 0 aliphatic heterocycles. The first-order chi connectivity index (χ1) is 9.17. The number of methoxy groups -OCH3 is 1. The van der Waals surface area contributed by atoms with E-state index < -0.39 is 5.41 Å². The van der Waals surface area contributed by atoms with E-state index in [2.05, 4.69) is 18.2 Å². The van der Waals surface area contributed by atoms with Gasteiger partial charge in [0.15, 0.2) is 0 Å². The number of hydrogen-bond donors (Lipinski definition) is 1. The molecule has 2 aliphatic rings. The van der Waals surface area contributed by atoms with E-state index in [1.807, 2.05) is 0 Å². The molecule has 1 aromatic carbocycles. The van der Waals surface area contributed by atoms with Crippen LogP contribution in [0.1, 0.15) is 48.4 Å². The minimum Gasteiger partial charge on any atom is -0.469 e. The summed E-state index contributed by atoms with van der Waals surface area (Å²) in [6.45, 7) is 0. The van der Waals surface area contributed by atoms with Crippen LogP contribution in [-0.2, 0) is 22.4 Å². The summed E-state index contributed by atoms with van der Waals surface area (Å²) in [5.74, 6) is -0.147. The van der Waals surface area contributed by atoms with Crippen LogP contribution in [0.15, 0.2) is 18.2 Å². The molecule has 1 fully saturated rings. The average Bonchev–Trinajstić information content (AvgIpc) is 2.84. The molecule has 3 nitrogen and oxygen atoms in total. The first-order valence-corrected chi connectivity index (χ1v) is 7.13. The van der Waals surface area contributed by atoms with Crippen LogP contribution in [0.5, 0.6) is 0 Å². The van der Waals surface area contributed by atoms with Gasteiger partial charge in [-0.1, -0.05) is 24.6 Å². The molecule has 1 atom stereocenters. The molecule has 1 unspecified atom stereocenters. The van der Waals surface area contributed by atoms with Gasteiger partial charge in [0.05, 0.1) is 12.5 Å². The van der Waals surface area contributed by atoms with E-state index in [0.29, 0.717) is 0 Å². The molecule has 3 rings (SSSR count). The second kappa shape index (κ2) is 4.64. The zero-order valence-electron chi connectivity index (χ0n) is 11.4. The van der Waals surface area contributed by atoms with Crippen molar-refractivity contribution in [1.82, 2.24) is 0 Å². The Labute approximate surface area is 114 Å². The summed E-state index contributed by atoms with van der Waals surface area (Å²) in [4.78, 5) is 12.1. The zero-order valence-corrected chi connectivity index (χ0v) is 11.4. The van der Waals surface area contributed by atoms with Crippen molar-refractivity contribution < 1.29 is 9.53 Å². The van der Waals surface area contributed by atoms with Crippen molar-refractivity contribution in [2.24, 2.45) is 11.1 Å². The lowest BCUT2D eigenvalue weighted by atomic mass is 9.62. The smallest absolute Gasteiger partial charge is 0.313 e. The molecule has 3 heteroatoms. The molecule has 0 bridgehead atoms. The Morgan fingerprint density at radius 1 is 1.26 bits per heavy atom. The number of benzene rings is 1. The molecule has 0 radical (unpaired) electrons. The van der Waals surface area contributed by atoms with Gasteiger partial charge in [0.25, 0.3) is 0 Å². The van der Waals surface area contributed by atoms with E-state index in [-0.39, 0.29) is 12.0 Å². The summed E-state index contributed by atoms with van der Waals surface area (Å²) in [5, 5.41) is 0. The van der Waals surface area contributed by atoms with Crippen LogP contribution >= 0.6 is 0 Å². The van der Waals surface area contributed by atoms with Crippen LogP contribution in [0.25, 0.3) is 0 Å². The molecule has 1 saturated carbocycles. The Bertz CT molecular complexity index is 505. The highest BCUT2D eigenvalue weighted by atomic mass is 16.5. The molecule has 0 aromatic heterocycles. The largest absolute Gasteiger partial charge is 0.469 e. The van der Waals surface area contributed by atoms with Gasteiger partial charge in [-0.15, -0.1) is 0 Å². The van der Waals surface area contributed by atoms with Gasteiger partial charge in [0.2, 0.25) is 0 Å². The van der Waals surface area contributed by atoms with Crippen LogP contribution in [0.4, 0.5) is 0 Å². The number of rotatable bonds is 3. The van der Waals surface area contributed by atoms with E-state index in [4.69, 9.17) is 10.5 Å². The SMILES string of the molecule is COC(=O)C1(C(N)c2ccc3c(c2)CCC3)CCC1.